The number of nitrogen functional groups attached to an aromatic ring is 1. The highest BCUT2D eigenvalue weighted by atomic mass is 16.6. The second-order valence-electron chi connectivity index (χ2n) is 5.68. The number of nitrogens with zero attached hydrogens (tertiary/aromatic N) is 2. The van der Waals surface area contributed by atoms with Crippen molar-refractivity contribution in [1.29, 1.82) is 0 Å². The number of nitro benzene ring substituents is 1. The molecule has 7 heteroatoms. The maximum Gasteiger partial charge on any atom is 0.339 e. The Morgan fingerprint density at radius 2 is 1.84 bits per heavy atom. The zero-order valence-corrected chi connectivity index (χ0v) is 14.2. The van der Waals surface area contributed by atoms with E-state index in [1.807, 2.05) is 37.2 Å². The minimum absolute atomic E-state index is 0.0687. The molecule has 2 rings (SSSR count). The van der Waals surface area contributed by atoms with Crippen LogP contribution in [0.2, 0.25) is 0 Å². The number of hydrogen-bond donors (Lipinski definition) is 1. The molecule has 2 N–H and O–H groups in total. The molecule has 130 valence electrons. The van der Waals surface area contributed by atoms with E-state index in [0.717, 1.165) is 5.69 Å². The van der Waals surface area contributed by atoms with Crippen molar-refractivity contribution in [2.24, 2.45) is 0 Å². The third kappa shape index (κ3) is 4.57. The Balaban J connectivity index is 2.13. The first-order valence-corrected chi connectivity index (χ1v) is 7.49. The lowest BCUT2D eigenvalue weighted by Gasteiger charge is -2.14. The van der Waals surface area contributed by atoms with Crippen LogP contribution in [0, 0.1) is 10.1 Å². The van der Waals surface area contributed by atoms with Crippen LogP contribution in [0.1, 0.15) is 12.5 Å². The normalized spacial score (nSPS) is 11.1. The molecule has 0 spiro atoms. The molecule has 0 unspecified atom stereocenters. The number of carbonyl (C=O) groups excluding carboxylic acids is 1. The van der Waals surface area contributed by atoms with Crippen LogP contribution < -0.4 is 15.4 Å². The van der Waals surface area contributed by atoms with Gasteiger partial charge in [-0.25, -0.2) is 4.79 Å². The van der Waals surface area contributed by atoms with E-state index < -0.39 is 10.9 Å². The van der Waals surface area contributed by atoms with E-state index in [1.165, 1.54) is 24.3 Å². The Labute approximate surface area is 145 Å². The van der Waals surface area contributed by atoms with E-state index >= 15 is 0 Å². The summed E-state index contributed by atoms with van der Waals surface area (Å²) in [7, 11) is 3.83. The van der Waals surface area contributed by atoms with Crippen molar-refractivity contribution < 1.29 is 14.5 Å². The minimum Gasteiger partial charge on any atom is -0.423 e. The Bertz CT molecular complexity index is 827. The summed E-state index contributed by atoms with van der Waals surface area (Å²) >= 11 is 0. The van der Waals surface area contributed by atoms with Crippen LogP contribution in [0.5, 0.6) is 5.75 Å². The number of esters is 1. The Kier molecular flexibility index (Phi) is 5.38. The van der Waals surface area contributed by atoms with Gasteiger partial charge in [-0.1, -0.05) is 6.07 Å². The van der Waals surface area contributed by atoms with E-state index in [9.17, 15) is 14.9 Å². The van der Waals surface area contributed by atoms with Crippen LogP contribution in [0.4, 0.5) is 17.1 Å². The summed E-state index contributed by atoms with van der Waals surface area (Å²) in [6.45, 7) is 1.62. The van der Waals surface area contributed by atoms with Gasteiger partial charge in [0.25, 0.3) is 5.69 Å². The zero-order valence-electron chi connectivity index (χ0n) is 14.2. The fourth-order valence-electron chi connectivity index (χ4n) is 2.09. The molecule has 0 atom stereocenters. The molecule has 25 heavy (non-hydrogen) atoms. The Morgan fingerprint density at radius 3 is 2.36 bits per heavy atom. The number of carbonyl (C=O) groups is 1. The van der Waals surface area contributed by atoms with Gasteiger partial charge < -0.3 is 15.4 Å². The van der Waals surface area contributed by atoms with Gasteiger partial charge in [-0.2, -0.15) is 0 Å². The maximum absolute atomic E-state index is 12.1. The number of ether oxygens (including phenoxy) is 1. The predicted molar refractivity (Wildman–Crippen MR) is 97.6 cm³/mol. The molecule has 0 aliphatic rings. The summed E-state index contributed by atoms with van der Waals surface area (Å²) < 4.78 is 5.21. The standard InChI is InChI=1S/C18H19N3O4/c1-12(10-13-4-5-15(20(2)3)11-17(13)19)18(22)25-16-8-6-14(7-9-16)21(23)24/h4-11H,19H2,1-3H3/b12-10+. The molecule has 0 fully saturated rings. The molecule has 0 saturated carbocycles. The predicted octanol–water partition coefficient (Wildman–Crippen LogP) is 3.25. The van der Waals surface area contributed by atoms with Gasteiger partial charge in [-0.05, 0) is 42.8 Å². The number of nitro groups is 1. The first-order chi connectivity index (χ1) is 11.8. The van der Waals surface area contributed by atoms with Gasteiger partial charge in [0.15, 0.2) is 0 Å². The van der Waals surface area contributed by atoms with E-state index in [0.29, 0.717) is 16.8 Å². The summed E-state index contributed by atoms with van der Waals surface area (Å²) in [4.78, 5) is 24.2. The van der Waals surface area contributed by atoms with Gasteiger partial charge >= 0.3 is 5.97 Å². The second-order valence-corrected chi connectivity index (χ2v) is 5.68. The highest BCUT2D eigenvalue weighted by Crippen LogP contribution is 2.23. The molecule has 0 heterocycles. The molecule has 0 bridgehead atoms. The number of nitrogens with two attached hydrogens (primary N) is 1. The van der Waals surface area contributed by atoms with Crippen LogP contribution in [0.3, 0.4) is 0 Å². The van der Waals surface area contributed by atoms with Crippen LogP contribution >= 0.6 is 0 Å². The molecule has 0 aliphatic carbocycles. The number of rotatable bonds is 5. The lowest BCUT2D eigenvalue weighted by molar-refractivity contribution is -0.384. The molecular formula is C18H19N3O4. The fraction of sp³-hybridized carbons (Fsp3) is 0.167. The summed E-state index contributed by atoms with van der Waals surface area (Å²) in [5.74, 6) is -0.316. The van der Waals surface area contributed by atoms with Crippen LogP contribution in [0.25, 0.3) is 6.08 Å². The van der Waals surface area contributed by atoms with Gasteiger partial charge in [0.05, 0.1) is 4.92 Å². The third-order valence-electron chi connectivity index (χ3n) is 3.54. The SMILES string of the molecule is C/C(=C\c1ccc(N(C)C)cc1N)C(=O)Oc1ccc([N+](=O)[O-])cc1. The van der Waals surface area contributed by atoms with Crippen LogP contribution in [0.15, 0.2) is 48.0 Å². The lowest BCUT2D eigenvalue weighted by Crippen LogP contribution is -2.10. The van der Waals surface area contributed by atoms with Crippen molar-refractivity contribution in [3.8, 4) is 5.75 Å². The molecule has 2 aromatic rings. The molecule has 0 saturated heterocycles. The fourth-order valence-corrected chi connectivity index (χ4v) is 2.09. The van der Waals surface area contributed by atoms with Gasteiger partial charge in [-0.3, -0.25) is 10.1 Å². The quantitative estimate of drug-likeness (QED) is 0.224. The monoisotopic (exact) mass is 341 g/mol. The van der Waals surface area contributed by atoms with Crippen molar-refractivity contribution in [2.45, 2.75) is 6.92 Å². The van der Waals surface area contributed by atoms with Crippen molar-refractivity contribution in [3.63, 3.8) is 0 Å². The van der Waals surface area contributed by atoms with Gasteiger partial charge in [0.1, 0.15) is 5.75 Å². The first-order valence-electron chi connectivity index (χ1n) is 7.49. The molecule has 0 radical (unpaired) electrons. The van der Waals surface area contributed by atoms with E-state index in [4.69, 9.17) is 10.5 Å². The number of non-ortho nitro benzene ring substituents is 1. The smallest absolute Gasteiger partial charge is 0.339 e. The largest absolute Gasteiger partial charge is 0.423 e. The lowest BCUT2D eigenvalue weighted by atomic mass is 10.1. The van der Waals surface area contributed by atoms with E-state index in [2.05, 4.69) is 0 Å². The molecular weight excluding hydrogens is 322 g/mol. The van der Waals surface area contributed by atoms with Crippen molar-refractivity contribution in [1.82, 2.24) is 0 Å². The number of anilines is 2. The molecule has 0 aliphatic heterocycles. The topological polar surface area (TPSA) is 98.7 Å². The van der Waals surface area contributed by atoms with Crippen molar-refractivity contribution in [3.05, 3.63) is 63.7 Å². The summed E-state index contributed by atoms with van der Waals surface area (Å²) in [6, 6.07) is 10.9. The number of benzene rings is 2. The number of hydrogen-bond acceptors (Lipinski definition) is 6. The zero-order chi connectivity index (χ0) is 18.6. The highest BCUT2D eigenvalue weighted by molar-refractivity contribution is 5.95. The molecule has 0 aromatic heterocycles. The average Bonchev–Trinajstić information content (AvgIpc) is 2.56. The summed E-state index contributed by atoms with van der Waals surface area (Å²) in [6.07, 6.45) is 1.64. The van der Waals surface area contributed by atoms with Gasteiger partial charge in [0.2, 0.25) is 0 Å². The van der Waals surface area contributed by atoms with E-state index in [-0.39, 0.29) is 11.4 Å². The Hall–Kier alpha value is -3.35. The minimum atomic E-state index is -0.551. The van der Waals surface area contributed by atoms with Crippen molar-refractivity contribution >= 4 is 29.1 Å². The van der Waals surface area contributed by atoms with Crippen molar-refractivity contribution in [2.75, 3.05) is 24.7 Å². The highest BCUT2D eigenvalue weighted by Gasteiger charge is 2.11. The van der Waals surface area contributed by atoms with Gasteiger partial charge in [-0.15, -0.1) is 0 Å². The first kappa shape index (κ1) is 18.0. The summed E-state index contributed by atoms with van der Waals surface area (Å²) in [5.41, 5.74) is 8.53. The Morgan fingerprint density at radius 1 is 1.20 bits per heavy atom. The maximum atomic E-state index is 12.1. The average molecular weight is 341 g/mol. The second kappa shape index (κ2) is 7.48. The molecule has 7 nitrogen and oxygen atoms in total. The third-order valence-corrected chi connectivity index (χ3v) is 3.54. The van der Waals surface area contributed by atoms with Crippen LogP contribution in [-0.2, 0) is 4.79 Å². The molecule has 2 aromatic carbocycles. The summed E-state index contributed by atoms with van der Waals surface area (Å²) in [5, 5.41) is 10.6. The van der Waals surface area contributed by atoms with E-state index in [1.54, 1.807) is 13.0 Å². The van der Waals surface area contributed by atoms with Gasteiger partial charge in [0, 0.05) is 43.2 Å². The van der Waals surface area contributed by atoms with Crippen LogP contribution in [-0.4, -0.2) is 25.0 Å². The molecule has 0 amide bonds.